The molecular weight excluding hydrogens is 366 g/mol. The molecule has 0 bridgehead atoms. The lowest BCUT2D eigenvalue weighted by atomic mass is 9.84. The first-order valence-electron chi connectivity index (χ1n) is 10.2. The molecule has 0 spiro atoms. The first kappa shape index (κ1) is 19.6. The maximum atomic E-state index is 13.6. The van der Waals surface area contributed by atoms with Crippen LogP contribution >= 0.6 is 0 Å². The molecular formula is C23H27N3O3. The number of carbonyl (C=O) groups excluding carboxylic acids is 2. The SMILES string of the molecule is O=C1NC(Cc2ccccc2)(Cc2ccccc2)C(=O)N1CN1CCCC(O)C1. The summed E-state index contributed by atoms with van der Waals surface area (Å²) in [6, 6.07) is 19.2. The predicted molar refractivity (Wildman–Crippen MR) is 110 cm³/mol. The molecule has 0 aliphatic carbocycles. The van der Waals surface area contributed by atoms with Crippen LogP contribution in [-0.4, -0.2) is 58.2 Å². The maximum Gasteiger partial charge on any atom is 0.326 e. The molecule has 2 saturated heterocycles. The Bertz CT molecular complexity index is 815. The molecule has 0 aromatic heterocycles. The molecule has 0 radical (unpaired) electrons. The number of β-amino-alcohol motifs (C(OH)–C–C–N with tert-alkyl or cyclic N) is 1. The van der Waals surface area contributed by atoms with Gasteiger partial charge < -0.3 is 10.4 Å². The molecule has 1 unspecified atom stereocenters. The van der Waals surface area contributed by atoms with Crippen LogP contribution in [0.5, 0.6) is 0 Å². The van der Waals surface area contributed by atoms with Gasteiger partial charge in [0.15, 0.2) is 0 Å². The number of hydrogen-bond acceptors (Lipinski definition) is 4. The Morgan fingerprint density at radius 1 is 0.966 bits per heavy atom. The second-order valence-corrected chi connectivity index (χ2v) is 8.08. The quantitative estimate of drug-likeness (QED) is 0.738. The van der Waals surface area contributed by atoms with Gasteiger partial charge in [0.2, 0.25) is 0 Å². The number of carbonyl (C=O) groups is 2. The number of nitrogens with zero attached hydrogens (tertiary/aromatic N) is 2. The van der Waals surface area contributed by atoms with Gasteiger partial charge in [0, 0.05) is 25.9 Å². The van der Waals surface area contributed by atoms with Crippen LogP contribution in [-0.2, 0) is 17.6 Å². The monoisotopic (exact) mass is 393 g/mol. The minimum absolute atomic E-state index is 0.199. The van der Waals surface area contributed by atoms with E-state index < -0.39 is 11.6 Å². The Morgan fingerprint density at radius 3 is 2.10 bits per heavy atom. The van der Waals surface area contributed by atoms with E-state index in [2.05, 4.69) is 5.32 Å². The lowest BCUT2D eigenvalue weighted by molar-refractivity contribution is -0.133. The van der Waals surface area contributed by atoms with Crippen molar-refractivity contribution in [3.63, 3.8) is 0 Å². The van der Waals surface area contributed by atoms with E-state index in [1.54, 1.807) is 0 Å². The van der Waals surface area contributed by atoms with Crippen LogP contribution in [0.4, 0.5) is 4.79 Å². The van der Waals surface area contributed by atoms with Gasteiger partial charge in [-0.15, -0.1) is 0 Å². The molecule has 2 aliphatic rings. The highest BCUT2D eigenvalue weighted by molar-refractivity contribution is 6.07. The van der Waals surface area contributed by atoms with Crippen LogP contribution in [0.15, 0.2) is 60.7 Å². The normalized spacial score (nSPS) is 22.0. The minimum atomic E-state index is -1.01. The fourth-order valence-electron chi connectivity index (χ4n) is 4.35. The van der Waals surface area contributed by atoms with Crippen LogP contribution in [0.2, 0.25) is 0 Å². The van der Waals surface area contributed by atoms with Gasteiger partial charge in [0.1, 0.15) is 5.54 Å². The van der Waals surface area contributed by atoms with Crippen molar-refractivity contribution in [3.8, 4) is 0 Å². The molecule has 152 valence electrons. The van der Waals surface area contributed by atoms with E-state index in [1.807, 2.05) is 65.6 Å². The third-order valence-corrected chi connectivity index (χ3v) is 5.77. The van der Waals surface area contributed by atoms with E-state index in [4.69, 9.17) is 0 Å². The summed E-state index contributed by atoms with van der Waals surface area (Å²) in [5, 5.41) is 12.9. The van der Waals surface area contributed by atoms with E-state index >= 15 is 0 Å². The molecule has 4 rings (SSSR count). The van der Waals surface area contributed by atoms with E-state index in [0.29, 0.717) is 19.4 Å². The Balaban J connectivity index is 1.59. The van der Waals surface area contributed by atoms with E-state index in [9.17, 15) is 14.7 Å². The first-order chi connectivity index (χ1) is 14.1. The van der Waals surface area contributed by atoms with Crippen LogP contribution in [0.1, 0.15) is 24.0 Å². The highest BCUT2D eigenvalue weighted by atomic mass is 16.3. The smallest absolute Gasteiger partial charge is 0.326 e. The van der Waals surface area contributed by atoms with Crippen molar-refractivity contribution in [3.05, 3.63) is 71.8 Å². The molecule has 6 heteroatoms. The van der Waals surface area contributed by atoms with Crippen molar-refractivity contribution in [2.45, 2.75) is 37.3 Å². The van der Waals surface area contributed by atoms with E-state index in [0.717, 1.165) is 30.5 Å². The van der Waals surface area contributed by atoms with E-state index in [-0.39, 0.29) is 18.6 Å². The molecule has 29 heavy (non-hydrogen) atoms. The fraction of sp³-hybridized carbons (Fsp3) is 0.391. The molecule has 2 heterocycles. The van der Waals surface area contributed by atoms with Gasteiger partial charge >= 0.3 is 6.03 Å². The Kier molecular flexibility index (Phi) is 5.65. The van der Waals surface area contributed by atoms with Gasteiger partial charge in [-0.25, -0.2) is 9.69 Å². The number of nitrogens with one attached hydrogen (secondary N) is 1. The first-order valence-corrected chi connectivity index (χ1v) is 10.2. The Morgan fingerprint density at radius 2 is 1.55 bits per heavy atom. The summed E-state index contributed by atoms with van der Waals surface area (Å²) in [5.74, 6) is -0.199. The highest BCUT2D eigenvalue weighted by Gasteiger charge is 2.51. The molecule has 3 amide bonds. The number of benzene rings is 2. The summed E-state index contributed by atoms with van der Waals surface area (Å²) in [6.45, 7) is 1.48. The van der Waals surface area contributed by atoms with Crippen molar-refractivity contribution < 1.29 is 14.7 Å². The summed E-state index contributed by atoms with van der Waals surface area (Å²) < 4.78 is 0. The number of aliphatic hydroxyl groups excluding tert-OH is 1. The van der Waals surface area contributed by atoms with Gasteiger partial charge in [-0.2, -0.15) is 0 Å². The number of hydrogen-bond donors (Lipinski definition) is 2. The van der Waals surface area contributed by atoms with Crippen LogP contribution < -0.4 is 5.32 Å². The predicted octanol–water partition coefficient (Wildman–Crippen LogP) is 2.18. The molecule has 2 aromatic carbocycles. The number of urea groups is 1. The second kappa shape index (κ2) is 8.35. The van der Waals surface area contributed by atoms with Gasteiger partial charge in [0.05, 0.1) is 12.8 Å². The molecule has 2 aliphatic heterocycles. The zero-order chi connectivity index (χ0) is 20.3. The third-order valence-electron chi connectivity index (χ3n) is 5.77. The summed E-state index contributed by atoms with van der Waals surface area (Å²) in [5.41, 5.74) is 1.01. The molecule has 2 fully saturated rings. The average Bonchev–Trinajstić information content (AvgIpc) is 2.93. The largest absolute Gasteiger partial charge is 0.392 e. The summed E-state index contributed by atoms with van der Waals surface area (Å²) in [7, 11) is 0. The number of piperidine rings is 1. The van der Waals surface area contributed by atoms with Crippen molar-refractivity contribution in [2.75, 3.05) is 19.8 Å². The lowest BCUT2D eigenvalue weighted by Gasteiger charge is -2.33. The number of amides is 3. The van der Waals surface area contributed by atoms with Crippen LogP contribution in [0.25, 0.3) is 0 Å². The van der Waals surface area contributed by atoms with Gasteiger partial charge in [0.25, 0.3) is 5.91 Å². The standard InChI is InChI=1S/C23H27N3O3/c27-20-12-7-13-25(16-20)17-26-21(28)23(24-22(26)29,14-18-8-3-1-4-9-18)15-19-10-5-2-6-11-19/h1-6,8-11,20,27H,7,12-17H2,(H,24,29). The summed E-state index contributed by atoms with van der Waals surface area (Å²) >= 11 is 0. The third kappa shape index (κ3) is 4.33. The average molecular weight is 393 g/mol. The van der Waals surface area contributed by atoms with Crippen molar-refractivity contribution in [2.24, 2.45) is 0 Å². The number of aliphatic hydroxyl groups is 1. The Labute approximate surface area is 171 Å². The van der Waals surface area contributed by atoms with Crippen molar-refractivity contribution in [1.82, 2.24) is 15.1 Å². The van der Waals surface area contributed by atoms with Crippen molar-refractivity contribution >= 4 is 11.9 Å². The van der Waals surface area contributed by atoms with Gasteiger partial charge in [-0.3, -0.25) is 9.69 Å². The number of likely N-dealkylation sites (tertiary alicyclic amines) is 1. The minimum Gasteiger partial charge on any atom is -0.392 e. The van der Waals surface area contributed by atoms with E-state index in [1.165, 1.54) is 4.90 Å². The topological polar surface area (TPSA) is 72.9 Å². The second-order valence-electron chi connectivity index (χ2n) is 8.08. The molecule has 0 saturated carbocycles. The highest BCUT2D eigenvalue weighted by Crippen LogP contribution is 2.28. The van der Waals surface area contributed by atoms with Crippen LogP contribution in [0.3, 0.4) is 0 Å². The number of rotatable bonds is 6. The molecule has 2 N–H and O–H groups in total. The molecule has 6 nitrogen and oxygen atoms in total. The van der Waals surface area contributed by atoms with Gasteiger partial charge in [-0.05, 0) is 24.0 Å². The van der Waals surface area contributed by atoms with Crippen molar-refractivity contribution in [1.29, 1.82) is 0 Å². The summed E-state index contributed by atoms with van der Waals surface area (Å²) in [6.07, 6.45) is 2.11. The van der Waals surface area contributed by atoms with Crippen LogP contribution in [0, 0.1) is 0 Å². The maximum absolute atomic E-state index is 13.6. The van der Waals surface area contributed by atoms with Gasteiger partial charge in [-0.1, -0.05) is 60.7 Å². The Hall–Kier alpha value is -2.70. The number of imide groups is 1. The molecule has 2 aromatic rings. The zero-order valence-electron chi connectivity index (χ0n) is 16.5. The zero-order valence-corrected chi connectivity index (χ0v) is 16.5. The lowest BCUT2D eigenvalue weighted by Crippen LogP contribution is -2.52. The fourth-order valence-corrected chi connectivity index (χ4v) is 4.35. The summed E-state index contributed by atoms with van der Waals surface area (Å²) in [4.78, 5) is 29.7. The molecule has 1 atom stereocenters.